The minimum atomic E-state index is -3.69. The third-order valence-electron chi connectivity index (χ3n) is 3.80. The Balaban J connectivity index is 5.39. The van der Waals surface area contributed by atoms with Crippen LogP contribution in [0.3, 0.4) is 0 Å². The van der Waals surface area contributed by atoms with Crippen LogP contribution in [0.15, 0.2) is 0 Å². The Bertz CT molecular complexity index is 385. The summed E-state index contributed by atoms with van der Waals surface area (Å²) in [7, 11) is -5.57. The molecule has 0 aromatic rings. The van der Waals surface area contributed by atoms with E-state index in [-0.39, 0.29) is 0 Å². The lowest BCUT2D eigenvalue weighted by Crippen LogP contribution is -2.39. The summed E-state index contributed by atoms with van der Waals surface area (Å²) >= 11 is 0. The second kappa shape index (κ2) is 11.6. The summed E-state index contributed by atoms with van der Waals surface area (Å²) in [6, 6.07) is 2.17. The Morgan fingerprint density at radius 1 is 0.577 bits per heavy atom. The van der Waals surface area contributed by atoms with Crippen molar-refractivity contribution in [3.63, 3.8) is 0 Å². The molecule has 0 aromatic heterocycles. The van der Waals surface area contributed by atoms with Gasteiger partial charge >= 0.3 is 7.82 Å². The highest BCUT2D eigenvalue weighted by Crippen LogP contribution is 2.57. The number of methoxy groups -OCH3 is 3. The molecule has 0 saturated heterocycles. The standard InChI is InChI=1S/C15H39O7PSi3/c1-17-10-13-24(4,5)20-23(16,21-25(6,7)14-11-18-2)22-26(8,9)15-12-19-3/h10-15H2,1-9H3. The van der Waals surface area contributed by atoms with E-state index in [1.807, 2.05) is 39.3 Å². The van der Waals surface area contributed by atoms with Crippen LogP contribution < -0.4 is 0 Å². The van der Waals surface area contributed by atoms with Gasteiger partial charge in [-0.05, 0) is 57.4 Å². The molecule has 0 aromatic carbocycles. The average Bonchev–Trinajstić information content (AvgIpc) is 2.46. The summed E-state index contributed by atoms with van der Waals surface area (Å²) < 4.78 is 47.5. The van der Waals surface area contributed by atoms with Crippen LogP contribution in [0.2, 0.25) is 57.4 Å². The van der Waals surface area contributed by atoms with E-state index >= 15 is 0 Å². The summed E-state index contributed by atoms with van der Waals surface area (Å²) in [6.45, 7) is 13.8. The van der Waals surface area contributed by atoms with Crippen molar-refractivity contribution in [2.75, 3.05) is 41.2 Å². The fraction of sp³-hybridized carbons (Fsp3) is 1.00. The van der Waals surface area contributed by atoms with Gasteiger partial charge < -0.3 is 26.8 Å². The summed E-state index contributed by atoms with van der Waals surface area (Å²) in [5.41, 5.74) is 0. The van der Waals surface area contributed by atoms with E-state index in [9.17, 15) is 4.57 Å². The second-order valence-electron chi connectivity index (χ2n) is 8.23. The minimum Gasteiger partial charge on any atom is -0.385 e. The highest BCUT2D eigenvalue weighted by Gasteiger charge is 2.45. The van der Waals surface area contributed by atoms with E-state index in [1.54, 1.807) is 21.3 Å². The normalized spacial score (nSPS) is 14.0. The lowest BCUT2D eigenvalue weighted by Gasteiger charge is -2.36. The van der Waals surface area contributed by atoms with Gasteiger partial charge in [0.05, 0.1) is 0 Å². The molecule has 0 rings (SSSR count). The minimum absolute atomic E-state index is 0.564. The molecule has 0 spiro atoms. The van der Waals surface area contributed by atoms with E-state index in [2.05, 4.69) is 0 Å². The molecule has 0 radical (unpaired) electrons. The third kappa shape index (κ3) is 12.2. The molecule has 0 fully saturated rings. The zero-order valence-corrected chi connectivity index (χ0v) is 21.9. The molecule has 0 atom stereocenters. The molecule has 158 valence electrons. The van der Waals surface area contributed by atoms with Gasteiger partial charge in [-0.15, -0.1) is 0 Å². The van der Waals surface area contributed by atoms with Crippen LogP contribution >= 0.6 is 7.82 Å². The van der Waals surface area contributed by atoms with Crippen molar-refractivity contribution in [1.29, 1.82) is 0 Å². The number of hydrogen-bond acceptors (Lipinski definition) is 7. The van der Waals surface area contributed by atoms with Crippen LogP contribution in [0, 0.1) is 0 Å². The van der Waals surface area contributed by atoms with Crippen molar-refractivity contribution >= 4 is 32.8 Å². The molecule has 11 heteroatoms. The maximum atomic E-state index is 13.7. The topological polar surface area (TPSA) is 72.5 Å². The van der Waals surface area contributed by atoms with Gasteiger partial charge in [0.15, 0.2) is 0 Å². The van der Waals surface area contributed by atoms with Crippen molar-refractivity contribution in [3.05, 3.63) is 0 Å². The van der Waals surface area contributed by atoms with Crippen LogP contribution in [-0.2, 0) is 31.4 Å². The van der Waals surface area contributed by atoms with E-state index in [0.717, 1.165) is 18.1 Å². The van der Waals surface area contributed by atoms with Gasteiger partial charge in [-0.1, -0.05) is 0 Å². The first-order chi connectivity index (χ1) is 11.8. The molecule has 0 unspecified atom stereocenters. The summed E-state index contributed by atoms with van der Waals surface area (Å²) in [5.74, 6) is 0. The largest absolute Gasteiger partial charge is 0.445 e. The van der Waals surface area contributed by atoms with Crippen molar-refractivity contribution < 1.29 is 31.4 Å². The van der Waals surface area contributed by atoms with Crippen molar-refractivity contribution in [1.82, 2.24) is 0 Å². The Kier molecular flexibility index (Phi) is 11.9. The quantitative estimate of drug-likeness (QED) is 0.267. The average molecular weight is 447 g/mol. The predicted octanol–water partition coefficient (Wildman–Crippen LogP) is 4.70. The molecule has 0 amide bonds. The molecule has 0 aliphatic heterocycles. The van der Waals surface area contributed by atoms with E-state index in [4.69, 9.17) is 26.8 Å². The van der Waals surface area contributed by atoms with E-state index in [1.165, 1.54) is 0 Å². The second-order valence-corrected chi connectivity index (χ2v) is 23.4. The van der Waals surface area contributed by atoms with Gasteiger partial charge in [0.2, 0.25) is 25.0 Å². The van der Waals surface area contributed by atoms with Gasteiger partial charge in [-0.2, -0.15) is 0 Å². The lowest BCUT2D eigenvalue weighted by atomic mass is 10.9. The van der Waals surface area contributed by atoms with Crippen LogP contribution in [-0.4, -0.2) is 66.1 Å². The molecule has 26 heavy (non-hydrogen) atoms. The van der Waals surface area contributed by atoms with Gasteiger partial charge in [0.25, 0.3) is 0 Å². The lowest BCUT2D eigenvalue weighted by molar-refractivity contribution is 0.205. The first kappa shape index (κ1) is 26.6. The van der Waals surface area contributed by atoms with Crippen LogP contribution in [0.5, 0.6) is 0 Å². The Morgan fingerprint density at radius 2 is 0.808 bits per heavy atom. The van der Waals surface area contributed by atoms with Gasteiger partial charge in [0.1, 0.15) is 0 Å². The summed E-state index contributed by atoms with van der Waals surface area (Å²) in [6.07, 6.45) is 0. The molecule has 0 N–H and O–H groups in total. The van der Waals surface area contributed by atoms with Crippen molar-refractivity contribution in [3.8, 4) is 0 Å². The fourth-order valence-corrected chi connectivity index (χ4v) is 14.0. The maximum Gasteiger partial charge on any atom is 0.445 e. The third-order valence-corrected chi connectivity index (χ3v) is 16.6. The highest BCUT2D eigenvalue weighted by molar-refractivity contribution is 7.53. The SMILES string of the molecule is COCC[Si](C)(C)OP(=O)(O[Si](C)(C)CCOC)O[Si](C)(C)CCOC. The van der Waals surface area contributed by atoms with Crippen LogP contribution in [0.1, 0.15) is 0 Å². The van der Waals surface area contributed by atoms with Gasteiger partial charge in [-0.3, -0.25) is 0 Å². The molecular weight excluding hydrogens is 407 g/mol. The van der Waals surface area contributed by atoms with Crippen molar-refractivity contribution in [2.45, 2.75) is 57.4 Å². The summed E-state index contributed by atoms with van der Waals surface area (Å²) in [4.78, 5) is 0. The molecule has 0 aliphatic rings. The maximum absolute atomic E-state index is 13.7. The molecular formula is C15H39O7PSi3. The van der Waals surface area contributed by atoms with E-state index < -0.39 is 32.8 Å². The first-order valence-electron chi connectivity index (χ1n) is 8.99. The van der Waals surface area contributed by atoms with Crippen LogP contribution in [0.4, 0.5) is 0 Å². The van der Waals surface area contributed by atoms with Gasteiger partial charge in [-0.25, -0.2) is 4.57 Å². The molecule has 0 heterocycles. The predicted molar refractivity (Wildman–Crippen MR) is 113 cm³/mol. The molecule has 0 aliphatic carbocycles. The first-order valence-corrected chi connectivity index (χ1v) is 19.8. The zero-order chi connectivity index (χ0) is 20.5. The fourth-order valence-electron chi connectivity index (χ4n) is 2.14. The van der Waals surface area contributed by atoms with Crippen molar-refractivity contribution in [2.24, 2.45) is 0 Å². The smallest absolute Gasteiger partial charge is 0.385 e. The number of phosphoric acid groups is 1. The Hall–Kier alpha value is 0.641. The summed E-state index contributed by atoms with van der Waals surface area (Å²) in [5, 5.41) is 0. The number of rotatable bonds is 15. The zero-order valence-electron chi connectivity index (χ0n) is 18.0. The molecule has 0 saturated carbocycles. The highest BCUT2D eigenvalue weighted by atomic mass is 31.2. The molecule has 0 bridgehead atoms. The van der Waals surface area contributed by atoms with Crippen LogP contribution in [0.25, 0.3) is 0 Å². The molecule has 7 nitrogen and oxygen atoms in total. The van der Waals surface area contributed by atoms with Gasteiger partial charge in [0, 0.05) is 41.2 Å². The number of hydrogen-bond donors (Lipinski definition) is 0. The monoisotopic (exact) mass is 446 g/mol. The number of ether oxygens (including phenoxy) is 3. The Labute approximate surface area is 163 Å². The Morgan fingerprint density at radius 3 is 1.00 bits per heavy atom. The van der Waals surface area contributed by atoms with E-state index in [0.29, 0.717) is 19.8 Å².